The van der Waals surface area contributed by atoms with Crippen LogP contribution in [0.5, 0.6) is 5.75 Å². The highest BCUT2D eigenvalue weighted by molar-refractivity contribution is 6.34. The highest BCUT2D eigenvalue weighted by atomic mass is 35.5. The number of ether oxygens (including phenoxy) is 1. The van der Waals surface area contributed by atoms with Crippen molar-refractivity contribution in [3.8, 4) is 11.8 Å². The van der Waals surface area contributed by atoms with Crippen molar-refractivity contribution >= 4 is 28.4 Å². The van der Waals surface area contributed by atoms with Gasteiger partial charge < -0.3 is 9.64 Å². The summed E-state index contributed by atoms with van der Waals surface area (Å²) in [5.41, 5.74) is 0.695. The molecule has 7 nitrogen and oxygen atoms in total. The Morgan fingerprint density at radius 1 is 1.33 bits per heavy atom. The van der Waals surface area contributed by atoms with Gasteiger partial charge in [-0.15, -0.1) is 0 Å². The lowest BCUT2D eigenvalue weighted by Crippen LogP contribution is -2.42. The Morgan fingerprint density at radius 2 is 2.22 bits per heavy atom. The minimum atomic E-state index is -0.271. The number of carbonyl (C=O) groups excluding carboxylic acids is 1. The van der Waals surface area contributed by atoms with Crippen LogP contribution in [-0.4, -0.2) is 64.0 Å². The highest BCUT2D eigenvalue weighted by Crippen LogP contribution is 2.29. The van der Waals surface area contributed by atoms with Crippen LogP contribution in [0.25, 0.3) is 10.9 Å². The summed E-state index contributed by atoms with van der Waals surface area (Å²) in [5, 5.41) is 10.3. The topological polar surface area (TPSA) is 82.4 Å². The van der Waals surface area contributed by atoms with E-state index in [2.05, 4.69) is 20.9 Å². The third-order valence-electron chi connectivity index (χ3n) is 5.18. The zero-order chi connectivity index (χ0) is 18.8. The van der Waals surface area contributed by atoms with E-state index in [4.69, 9.17) is 21.6 Å². The Balaban J connectivity index is 1.39. The SMILES string of the molecule is N#CC1CCCN1C(=O)CN1CCC(Oc2cccc3c(Cl)ncnc23)C1. The molecule has 2 aromatic rings. The smallest absolute Gasteiger partial charge is 0.237 e. The summed E-state index contributed by atoms with van der Waals surface area (Å²) in [5.74, 6) is 0.712. The van der Waals surface area contributed by atoms with E-state index >= 15 is 0 Å². The van der Waals surface area contributed by atoms with Crippen LogP contribution in [0.3, 0.4) is 0 Å². The van der Waals surface area contributed by atoms with Gasteiger partial charge in [0.1, 0.15) is 34.9 Å². The minimum absolute atomic E-state index is 0.0116. The molecule has 2 saturated heterocycles. The van der Waals surface area contributed by atoms with Gasteiger partial charge in [0.05, 0.1) is 12.6 Å². The summed E-state index contributed by atoms with van der Waals surface area (Å²) in [6, 6.07) is 7.57. The summed E-state index contributed by atoms with van der Waals surface area (Å²) < 4.78 is 6.16. The summed E-state index contributed by atoms with van der Waals surface area (Å²) in [6.07, 6.45) is 3.94. The summed E-state index contributed by atoms with van der Waals surface area (Å²) in [7, 11) is 0. The molecular weight excluding hydrogens is 366 g/mol. The molecule has 1 amide bonds. The Bertz CT molecular complexity index is 899. The van der Waals surface area contributed by atoms with Gasteiger partial charge in [-0.05, 0) is 31.4 Å². The lowest BCUT2D eigenvalue weighted by molar-refractivity contribution is -0.132. The molecule has 0 radical (unpaired) electrons. The number of rotatable bonds is 4. The van der Waals surface area contributed by atoms with Crippen molar-refractivity contribution in [2.45, 2.75) is 31.4 Å². The molecule has 8 heteroatoms. The van der Waals surface area contributed by atoms with Gasteiger partial charge in [0.15, 0.2) is 0 Å². The number of nitrogens with zero attached hydrogens (tertiary/aromatic N) is 5. The third kappa shape index (κ3) is 3.68. The molecule has 140 valence electrons. The number of fused-ring (bicyclic) bond motifs is 1. The van der Waals surface area contributed by atoms with Crippen LogP contribution in [0, 0.1) is 11.3 Å². The molecule has 0 saturated carbocycles. The van der Waals surface area contributed by atoms with Gasteiger partial charge in [-0.25, -0.2) is 9.97 Å². The van der Waals surface area contributed by atoms with Crippen LogP contribution in [-0.2, 0) is 4.79 Å². The van der Waals surface area contributed by atoms with E-state index in [-0.39, 0.29) is 18.1 Å². The van der Waals surface area contributed by atoms with Crippen LogP contribution in [0.1, 0.15) is 19.3 Å². The minimum Gasteiger partial charge on any atom is -0.487 e. The van der Waals surface area contributed by atoms with Gasteiger partial charge in [-0.1, -0.05) is 17.7 Å². The van der Waals surface area contributed by atoms with E-state index < -0.39 is 0 Å². The van der Waals surface area contributed by atoms with E-state index in [1.54, 1.807) is 4.90 Å². The van der Waals surface area contributed by atoms with Crippen LogP contribution in [0.15, 0.2) is 24.5 Å². The molecule has 2 aliphatic rings. The molecule has 27 heavy (non-hydrogen) atoms. The first-order valence-corrected chi connectivity index (χ1v) is 9.51. The maximum atomic E-state index is 12.5. The highest BCUT2D eigenvalue weighted by Gasteiger charge is 2.32. The number of para-hydroxylation sites is 1. The van der Waals surface area contributed by atoms with Crippen molar-refractivity contribution in [3.63, 3.8) is 0 Å². The standard InChI is InChI=1S/C19H20ClN5O2/c20-19-15-4-1-5-16(18(15)22-12-23-19)27-14-6-8-24(10-14)11-17(26)25-7-2-3-13(25)9-21/h1,4-5,12-14H,2-3,6-8,10-11H2. The Hall–Kier alpha value is -2.43. The number of nitriles is 1. The number of carbonyl (C=O) groups is 1. The van der Waals surface area contributed by atoms with Crippen molar-refractivity contribution in [1.29, 1.82) is 5.26 Å². The van der Waals surface area contributed by atoms with E-state index in [1.165, 1.54) is 6.33 Å². The molecule has 0 bridgehead atoms. The van der Waals surface area contributed by atoms with Crippen LogP contribution in [0.4, 0.5) is 0 Å². The number of benzene rings is 1. The first-order valence-electron chi connectivity index (χ1n) is 9.13. The van der Waals surface area contributed by atoms with Gasteiger partial charge in [0, 0.05) is 25.0 Å². The van der Waals surface area contributed by atoms with Crippen LogP contribution >= 0.6 is 11.6 Å². The number of aromatic nitrogens is 2. The monoisotopic (exact) mass is 385 g/mol. The summed E-state index contributed by atoms with van der Waals surface area (Å²) >= 11 is 6.13. The second-order valence-corrected chi connectivity index (χ2v) is 7.31. The summed E-state index contributed by atoms with van der Waals surface area (Å²) in [6.45, 7) is 2.48. The molecule has 4 rings (SSSR count). The fourth-order valence-corrected chi connectivity index (χ4v) is 4.02. The van der Waals surface area contributed by atoms with E-state index in [1.807, 2.05) is 18.2 Å². The number of amides is 1. The number of halogens is 1. The molecule has 2 atom stereocenters. The fourth-order valence-electron chi connectivity index (χ4n) is 3.82. The Morgan fingerprint density at radius 3 is 3.07 bits per heavy atom. The molecule has 0 aliphatic carbocycles. The van der Waals surface area contributed by atoms with Crippen molar-refractivity contribution in [1.82, 2.24) is 19.8 Å². The van der Waals surface area contributed by atoms with Crippen LogP contribution in [0.2, 0.25) is 5.15 Å². The van der Waals surface area contributed by atoms with Gasteiger partial charge in [0.2, 0.25) is 5.91 Å². The van der Waals surface area contributed by atoms with Crippen LogP contribution < -0.4 is 4.74 Å². The molecule has 2 unspecified atom stereocenters. The molecule has 0 spiro atoms. The third-order valence-corrected chi connectivity index (χ3v) is 5.48. The van der Waals surface area contributed by atoms with Gasteiger partial charge in [-0.3, -0.25) is 9.69 Å². The van der Waals surface area contributed by atoms with Gasteiger partial charge in [0.25, 0.3) is 0 Å². The van der Waals surface area contributed by atoms with E-state index in [0.29, 0.717) is 36.1 Å². The molecule has 1 aromatic heterocycles. The molecule has 0 N–H and O–H groups in total. The lowest BCUT2D eigenvalue weighted by atomic mass is 10.2. The number of hydrogen-bond donors (Lipinski definition) is 0. The van der Waals surface area contributed by atoms with Crippen molar-refractivity contribution in [3.05, 3.63) is 29.7 Å². The largest absolute Gasteiger partial charge is 0.487 e. The maximum absolute atomic E-state index is 12.5. The summed E-state index contributed by atoms with van der Waals surface area (Å²) in [4.78, 5) is 24.6. The Kier molecular flexibility index (Phi) is 5.10. The second kappa shape index (κ2) is 7.67. The lowest BCUT2D eigenvalue weighted by Gasteiger charge is -2.23. The second-order valence-electron chi connectivity index (χ2n) is 6.95. The Labute approximate surface area is 162 Å². The normalized spacial score (nSPS) is 22.9. The molecule has 2 fully saturated rings. The van der Waals surface area contributed by atoms with Crippen molar-refractivity contribution in [2.75, 3.05) is 26.2 Å². The fraction of sp³-hybridized carbons (Fsp3) is 0.474. The quantitative estimate of drug-likeness (QED) is 0.751. The van der Waals surface area contributed by atoms with Gasteiger partial charge in [-0.2, -0.15) is 5.26 Å². The maximum Gasteiger partial charge on any atom is 0.237 e. The predicted molar refractivity (Wildman–Crippen MR) is 100 cm³/mol. The first kappa shape index (κ1) is 18.0. The zero-order valence-electron chi connectivity index (χ0n) is 14.8. The van der Waals surface area contributed by atoms with E-state index in [0.717, 1.165) is 31.2 Å². The molecular formula is C19H20ClN5O2. The predicted octanol–water partition coefficient (Wildman–Crippen LogP) is 2.25. The van der Waals surface area contributed by atoms with Crippen molar-refractivity contribution < 1.29 is 9.53 Å². The molecule has 1 aromatic carbocycles. The first-order chi connectivity index (χ1) is 13.2. The number of likely N-dealkylation sites (tertiary alicyclic amines) is 2. The molecule has 2 aliphatic heterocycles. The molecule has 3 heterocycles. The van der Waals surface area contributed by atoms with E-state index in [9.17, 15) is 4.79 Å². The zero-order valence-corrected chi connectivity index (χ0v) is 15.6. The average molecular weight is 386 g/mol. The van der Waals surface area contributed by atoms with Crippen molar-refractivity contribution in [2.24, 2.45) is 0 Å². The number of hydrogen-bond acceptors (Lipinski definition) is 6. The van der Waals surface area contributed by atoms with Gasteiger partial charge >= 0.3 is 0 Å². The average Bonchev–Trinajstić information content (AvgIpc) is 3.32.